The third-order valence-corrected chi connectivity index (χ3v) is 11.1. The van der Waals surface area contributed by atoms with Crippen LogP contribution in [0.2, 0.25) is 0 Å². The van der Waals surface area contributed by atoms with Gasteiger partial charge in [0.15, 0.2) is 9.75 Å². The Hall–Kier alpha value is -3.53. The second-order valence-electron chi connectivity index (χ2n) is 11.3. The van der Waals surface area contributed by atoms with Crippen LogP contribution in [0.1, 0.15) is 24.3 Å². The molecule has 218 valence electrons. The van der Waals surface area contributed by atoms with Gasteiger partial charge in [0.05, 0.1) is 23.2 Å². The number of imide groups is 2. The first kappa shape index (κ1) is 28.3. The number of amides is 4. The topological polar surface area (TPSA) is 95.0 Å². The molecule has 6 unspecified atom stereocenters. The summed E-state index contributed by atoms with van der Waals surface area (Å²) in [7, 11) is 0. The minimum atomic E-state index is -2.02. The maximum absolute atomic E-state index is 14.3. The number of nitrogens with zero attached hydrogens (tertiary/aromatic N) is 2. The molecule has 0 aromatic heterocycles. The lowest BCUT2D eigenvalue weighted by Gasteiger charge is -2.50. The summed E-state index contributed by atoms with van der Waals surface area (Å²) < 4.78 is 14.6. The Labute approximate surface area is 264 Å². The number of benzene rings is 3. The highest BCUT2D eigenvalue weighted by Gasteiger charge is 2.76. The molecule has 1 saturated carbocycles. The van der Waals surface area contributed by atoms with Gasteiger partial charge >= 0.3 is 0 Å². The van der Waals surface area contributed by atoms with E-state index in [1.54, 1.807) is 36.4 Å². The summed E-state index contributed by atoms with van der Waals surface area (Å²) in [5.41, 5.74) is 1.69. The van der Waals surface area contributed by atoms with Crippen molar-refractivity contribution in [2.24, 2.45) is 17.8 Å². The number of fused-ring (bicyclic) bond motifs is 4. The lowest BCUT2D eigenvalue weighted by Crippen LogP contribution is -2.60. The Morgan fingerprint density at radius 1 is 0.791 bits per heavy atom. The number of aromatic hydroxyl groups is 1. The van der Waals surface area contributed by atoms with Crippen LogP contribution in [-0.4, -0.2) is 38.5 Å². The van der Waals surface area contributed by atoms with Gasteiger partial charge in [-0.15, -0.1) is 23.2 Å². The van der Waals surface area contributed by atoms with Gasteiger partial charge in [-0.05, 0) is 85.0 Å². The molecule has 43 heavy (non-hydrogen) atoms. The number of rotatable bonds is 3. The van der Waals surface area contributed by atoms with Gasteiger partial charge in [0.25, 0.3) is 11.8 Å². The third kappa shape index (κ3) is 3.84. The average Bonchev–Trinajstić information content (AvgIpc) is 3.33. The van der Waals surface area contributed by atoms with E-state index in [1.165, 1.54) is 29.2 Å². The maximum atomic E-state index is 14.3. The molecule has 0 radical (unpaired) electrons. The second-order valence-corrected chi connectivity index (χ2v) is 13.5. The van der Waals surface area contributed by atoms with E-state index in [1.807, 2.05) is 6.08 Å². The van der Waals surface area contributed by atoms with Crippen LogP contribution in [0.5, 0.6) is 5.75 Å². The van der Waals surface area contributed by atoms with Crippen LogP contribution in [0.25, 0.3) is 0 Å². The molecule has 11 heteroatoms. The number of alkyl halides is 2. The van der Waals surface area contributed by atoms with Gasteiger partial charge in [0, 0.05) is 10.4 Å². The van der Waals surface area contributed by atoms with E-state index in [4.69, 9.17) is 23.2 Å². The number of carbonyl (C=O) groups is 4. The Balaban J connectivity index is 1.38. The molecular formula is C32H22BrCl2FN2O5. The van der Waals surface area contributed by atoms with Crippen molar-refractivity contribution in [1.29, 1.82) is 0 Å². The zero-order valence-electron chi connectivity index (χ0n) is 22.2. The SMILES string of the molecule is O=C1C2CC=C3C(CC4(Cl)C(=O)N(c5ccc(F)cc5)C(=O)C4(Cl)C3c3ccc(O)cc3)C2C(=O)N1c1ccc(Br)cc1. The van der Waals surface area contributed by atoms with Crippen molar-refractivity contribution >= 4 is 74.1 Å². The van der Waals surface area contributed by atoms with E-state index in [0.717, 1.165) is 21.5 Å². The number of hydrogen-bond acceptors (Lipinski definition) is 5. The van der Waals surface area contributed by atoms with Crippen LogP contribution in [0.15, 0.2) is 88.9 Å². The molecule has 4 aliphatic rings. The van der Waals surface area contributed by atoms with Crippen LogP contribution in [-0.2, 0) is 19.2 Å². The van der Waals surface area contributed by atoms with Crippen LogP contribution in [0.4, 0.5) is 15.8 Å². The molecule has 2 aliphatic heterocycles. The predicted octanol–water partition coefficient (Wildman–Crippen LogP) is 6.06. The van der Waals surface area contributed by atoms with E-state index in [-0.39, 0.29) is 30.2 Å². The highest BCUT2D eigenvalue weighted by atomic mass is 79.9. The van der Waals surface area contributed by atoms with Crippen molar-refractivity contribution in [3.63, 3.8) is 0 Å². The fourth-order valence-electron chi connectivity index (χ4n) is 7.28. The van der Waals surface area contributed by atoms with Crippen LogP contribution < -0.4 is 9.80 Å². The van der Waals surface area contributed by atoms with E-state index in [2.05, 4.69) is 15.9 Å². The Morgan fingerprint density at radius 2 is 1.40 bits per heavy atom. The normalized spacial score (nSPS) is 31.6. The Kier molecular flexibility index (Phi) is 6.40. The highest BCUT2D eigenvalue weighted by Crippen LogP contribution is 2.65. The molecule has 4 amide bonds. The number of phenolic OH excluding ortho intramolecular Hbond substituents is 1. The summed E-state index contributed by atoms with van der Waals surface area (Å²) in [6.07, 6.45) is 1.91. The van der Waals surface area contributed by atoms with Crippen LogP contribution in [0, 0.1) is 23.6 Å². The molecule has 2 heterocycles. The average molecular weight is 684 g/mol. The minimum absolute atomic E-state index is 0.0157. The van der Waals surface area contributed by atoms with E-state index in [0.29, 0.717) is 16.8 Å². The lowest BCUT2D eigenvalue weighted by molar-refractivity contribution is -0.125. The molecule has 3 aromatic rings. The molecule has 7 nitrogen and oxygen atoms in total. The molecule has 7 rings (SSSR count). The fourth-order valence-corrected chi connectivity index (χ4v) is 8.48. The number of phenols is 1. The smallest absolute Gasteiger partial charge is 0.258 e. The summed E-state index contributed by atoms with van der Waals surface area (Å²) in [4.78, 5) is 54.3. The summed E-state index contributed by atoms with van der Waals surface area (Å²) in [5, 5.41) is 10.0. The Morgan fingerprint density at radius 3 is 2.05 bits per heavy atom. The summed E-state index contributed by atoms with van der Waals surface area (Å²) in [5.74, 6) is -6.07. The van der Waals surface area contributed by atoms with Crippen molar-refractivity contribution < 1.29 is 28.7 Å². The van der Waals surface area contributed by atoms with Crippen molar-refractivity contribution in [3.05, 3.63) is 100 Å². The summed E-state index contributed by atoms with van der Waals surface area (Å²) in [6, 6.07) is 17.8. The minimum Gasteiger partial charge on any atom is -0.508 e. The van der Waals surface area contributed by atoms with Gasteiger partial charge in [-0.3, -0.25) is 24.1 Å². The van der Waals surface area contributed by atoms with Gasteiger partial charge in [-0.2, -0.15) is 0 Å². The number of hydrogen-bond donors (Lipinski definition) is 1. The zero-order valence-corrected chi connectivity index (χ0v) is 25.3. The van der Waals surface area contributed by atoms with E-state index in [9.17, 15) is 28.7 Å². The molecule has 0 bridgehead atoms. The molecule has 0 spiro atoms. The first-order chi connectivity index (χ1) is 20.5. The molecule has 2 aliphatic carbocycles. The van der Waals surface area contributed by atoms with Crippen molar-refractivity contribution in [2.75, 3.05) is 9.80 Å². The number of carbonyl (C=O) groups excluding carboxylic acids is 4. The fraction of sp³-hybridized carbons (Fsp3) is 0.250. The third-order valence-electron chi connectivity index (χ3n) is 9.21. The lowest BCUT2D eigenvalue weighted by atomic mass is 9.56. The number of allylic oxidation sites excluding steroid dienone is 2. The van der Waals surface area contributed by atoms with E-state index >= 15 is 0 Å². The maximum Gasteiger partial charge on any atom is 0.258 e. The predicted molar refractivity (Wildman–Crippen MR) is 161 cm³/mol. The first-order valence-corrected chi connectivity index (χ1v) is 15.2. The van der Waals surface area contributed by atoms with Gasteiger partial charge in [-0.1, -0.05) is 39.7 Å². The van der Waals surface area contributed by atoms with Crippen LogP contribution >= 0.6 is 39.1 Å². The number of anilines is 2. The quantitative estimate of drug-likeness (QED) is 0.206. The summed E-state index contributed by atoms with van der Waals surface area (Å²) in [6.45, 7) is 0. The summed E-state index contributed by atoms with van der Waals surface area (Å²) >= 11 is 18.0. The molecule has 1 N–H and O–H groups in total. The largest absolute Gasteiger partial charge is 0.508 e. The first-order valence-electron chi connectivity index (χ1n) is 13.6. The zero-order chi connectivity index (χ0) is 30.4. The van der Waals surface area contributed by atoms with Gasteiger partial charge in [0.1, 0.15) is 11.6 Å². The van der Waals surface area contributed by atoms with Crippen molar-refractivity contribution in [2.45, 2.75) is 28.5 Å². The van der Waals surface area contributed by atoms with Crippen molar-refractivity contribution in [3.8, 4) is 5.75 Å². The highest BCUT2D eigenvalue weighted by molar-refractivity contribution is 9.10. The van der Waals surface area contributed by atoms with Gasteiger partial charge in [0.2, 0.25) is 11.8 Å². The second kappa shape index (κ2) is 9.74. The standard InChI is InChI=1S/C32H22BrCl2FN2O5/c33-17-3-7-19(8-4-17)37-27(40)23-14-13-22-24(25(23)28(37)41)15-31(34)29(42)38(20-9-5-18(36)6-10-20)30(43)32(31,35)26(22)16-1-11-21(39)12-2-16/h1-13,23-26,39H,14-15H2. The molecular weight excluding hydrogens is 662 g/mol. The van der Waals surface area contributed by atoms with Crippen molar-refractivity contribution in [1.82, 2.24) is 0 Å². The molecule has 3 aromatic carbocycles. The van der Waals surface area contributed by atoms with E-state index < -0.39 is 57.0 Å². The molecule has 2 saturated heterocycles. The van der Waals surface area contributed by atoms with Gasteiger partial charge in [-0.25, -0.2) is 9.29 Å². The monoisotopic (exact) mass is 682 g/mol. The Bertz CT molecular complexity index is 1750. The van der Waals surface area contributed by atoms with Gasteiger partial charge < -0.3 is 5.11 Å². The number of halogens is 4. The van der Waals surface area contributed by atoms with Crippen LogP contribution in [0.3, 0.4) is 0 Å². The molecule has 3 fully saturated rings. The molecule has 6 atom stereocenters.